The molecule has 0 aromatic heterocycles. The maximum Gasteiger partial charge on any atom is 0.316 e. The fraction of sp³-hybridized carbons (Fsp3) is 0. The number of hydrogen-bond donors (Lipinski definition) is 2. The molecule has 0 fully saturated rings. The van der Waals surface area contributed by atoms with Crippen LogP contribution in [-0.4, -0.2) is 6.03 Å². The highest BCUT2D eigenvalue weighted by Crippen LogP contribution is 2.26. The van der Waals surface area contributed by atoms with Crippen molar-refractivity contribution < 1.29 is 9.18 Å². The van der Waals surface area contributed by atoms with E-state index < -0.39 is 11.8 Å². The molecule has 13 heavy (non-hydrogen) atoms. The van der Waals surface area contributed by atoms with Crippen LogP contribution >= 0.6 is 23.2 Å². The van der Waals surface area contributed by atoms with Gasteiger partial charge >= 0.3 is 6.03 Å². The van der Waals surface area contributed by atoms with Gasteiger partial charge in [-0.25, -0.2) is 9.18 Å². The third-order valence-electron chi connectivity index (χ3n) is 1.25. The monoisotopic (exact) mass is 222 g/mol. The summed E-state index contributed by atoms with van der Waals surface area (Å²) in [5.41, 5.74) is 5.09. The number of benzene rings is 1. The Hall–Kier alpha value is -1.00. The minimum absolute atomic E-state index is 0.170. The highest BCUT2D eigenvalue weighted by molar-refractivity contribution is 6.35. The molecule has 0 heterocycles. The molecule has 0 radical (unpaired) electrons. The van der Waals surface area contributed by atoms with E-state index in [1.165, 1.54) is 12.1 Å². The minimum atomic E-state index is -0.765. The van der Waals surface area contributed by atoms with Crippen LogP contribution in [0.25, 0.3) is 0 Å². The molecule has 0 spiro atoms. The van der Waals surface area contributed by atoms with Crippen molar-refractivity contribution in [2.75, 3.05) is 5.32 Å². The van der Waals surface area contributed by atoms with Crippen LogP contribution in [0.15, 0.2) is 12.1 Å². The first-order chi connectivity index (χ1) is 6.00. The Morgan fingerprint density at radius 3 is 2.23 bits per heavy atom. The molecule has 0 aliphatic rings. The van der Waals surface area contributed by atoms with Crippen molar-refractivity contribution in [3.63, 3.8) is 0 Å². The first-order valence-corrected chi connectivity index (χ1v) is 3.97. The first-order valence-electron chi connectivity index (χ1n) is 3.21. The van der Waals surface area contributed by atoms with Crippen LogP contribution in [-0.2, 0) is 0 Å². The molecule has 0 aliphatic carbocycles. The van der Waals surface area contributed by atoms with Crippen LogP contribution in [0.4, 0.5) is 14.9 Å². The summed E-state index contributed by atoms with van der Waals surface area (Å²) in [6.45, 7) is 0. The minimum Gasteiger partial charge on any atom is -0.351 e. The van der Waals surface area contributed by atoms with E-state index in [-0.39, 0.29) is 15.7 Å². The fourth-order valence-electron chi connectivity index (χ4n) is 0.770. The SMILES string of the molecule is NC(=O)Nc1cc(Cl)c(F)c(Cl)c1. The molecule has 70 valence electrons. The van der Waals surface area contributed by atoms with Gasteiger partial charge in [-0.15, -0.1) is 0 Å². The second-order valence-electron chi connectivity index (χ2n) is 2.24. The van der Waals surface area contributed by atoms with Gasteiger partial charge in [0.2, 0.25) is 0 Å². The largest absolute Gasteiger partial charge is 0.351 e. The summed E-state index contributed by atoms with van der Waals surface area (Å²) < 4.78 is 12.8. The number of rotatable bonds is 1. The van der Waals surface area contributed by atoms with Crippen molar-refractivity contribution >= 4 is 34.9 Å². The zero-order valence-corrected chi connectivity index (χ0v) is 7.79. The number of primary amides is 1. The van der Waals surface area contributed by atoms with Crippen molar-refractivity contribution in [3.05, 3.63) is 28.0 Å². The second kappa shape index (κ2) is 3.81. The van der Waals surface area contributed by atoms with Gasteiger partial charge in [-0.2, -0.15) is 0 Å². The van der Waals surface area contributed by atoms with E-state index in [9.17, 15) is 9.18 Å². The van der Waals surface area contributed by atoms with Crippen molar-refractivity contribution in [2.45, 2.75) is 0 Å². The molecule has 1 aromatic carbocycles. The smallest absolute Gasteiger partial charge is 0.316 e. The molecule has 6 heteroatoms. The fourth-order valence-corrected chi connectivity index (χ4v) is 1.26. The predicted molar refractivity (Wildman–Crippen MR) is 49.6 cm³/mol. The Morgan fingerprint density at radius 1 is 1.38 bits per heavy atom. The molecule has 1 rings (SSSR count). The predicted octanol–water partition coefficient (Wildman–Crippen LogP) is 2.62. The van der Waals surface area contributed by atoms with Gasteiger partial charge in [0.05, 0.1) is 10.0 Å². The molecule has 1 aromatic rings. The lowest BCUT2D eigenvalue weighted by atomic mass is 10.3. The van der Waals surface area contributed by atoms with Crippen molar-refractivity contribution in [3.8, 4) is 0 Å². The highest BCUT2D eigenvalue weighted by Gasteiger charge is 2.07. The molecule has 0 saturated carbocycles. The van der Waals surface area contributed by atoms with E-state index in [2.05, 4.69) is 5.32 Å². The number of amides is 2. The lowest BCUT2D eigenvalue weighted by Gasteiger charge is -2.03. The summed E-state index contributed by atoms with van der Waals surface area (Å²) in [6, 6.07) is 1.67. The van der Waals surface area contributed by atoms with E-state index in [1.54, 1.807) is 0 Å². The molecule has 3 N–H and O–H groups in total. The van der Waals surface area contributed by atoms with Crippen LogP contribution in [0.2, 0.25) is 10.0 Å². The number of halogens is 3. The van der Waals surface area contributed by atoms with Crippen LogP contribution in [0.5, 0.6) is 0 Å². The average molecular weight is 223 g/mol. The maximum absolute atomic E-state index is 12.8. The Bertz CT molecular complexity index is 333. The van der Waals surface area contributed by atoms with Gasteiger partial charge in [0, 0.05) is 5.69 Å². The van der Waals surface area contributed by atoms with Gasteiger partial charge < -0.3 is 11.1 Å². The number of nitrogens with two attached hydrogens (primary N) is 1. The number of carbonyl (C=O) groups excluding carboxylic acids is 1. The number of carbonyl (C=O) groups is 1. The van der Waals surface area contributed by atoms with Gasteiger partial charge in [-0.3, -0.25) is 0 Å². The average Bonchev–Trinajstić information content (AvgIpc) is 1.98. The summed E-state index contributed by atoms with van der Waals surface area (Å²) in [7, 11) is 0. The lowest BCUT2D eigenvalue weighted by Crippen LogP contribution is -2.19. The Kier molecular flexibility index (Phi) is 2.95. The topological polar surface area (TPSA) is 55.1 Å². The Balaban J connectivity index is 3.06. The number of urea groups is 1. The van der Waals surface area contributed by atoms with E-state index in [0.717, 1.165) is 0 Å². The van der Waals surface area contributed by atoms with Gasteiger partial charge in [0.1, 0.15) is 0 Å². The zero-order valence-electron chi connectivity index (χ0n) is 6.27. The summed E-state index contributed by atoms with van der Waals surface area (Å²) in [6.07, 6.45) is 0. The lowest BCUT2D eigenvalue weighted by molar-refractivity contribution is 0.259. The zero-order chi connectivity index (χ0) is 10.0. The third-order valence-corrected chi connectivity index (χ3v) is 1.80. The van der Waals surface area contributed by atoms with Crippen molar-refractivity contribution in [1.29, 1.82) is 0 Å². The van der Waals surface area contributed by atoms with Gasteiger partial charge in [0.25, 0.3) is 0 Å². The van der Waals surface area contributed by atoms with E-state index in [0.29, 0.717) is 0 Å². The third kappa shape index (κ3) is 2.47. The van der Waals surface area contributed by atoms with Crippen molar-refractivity contribution in [2.24, 2.45) is 5.73 Å². The van der Waals surface area contributed by atoms with Gasteiger partial charge in [0.15, 0.2) is 5.82 Å². The quantitative estimate of drug-likeness (QED) is 0.706. The molecule has 0 saturated heterocycles. The van der Waals surface area contributed by atoms with Crippen LogP contribution in [0, 0.1) is 5.82 Å². The molecule has 2 amide bonds. The summed E-state index contributed by atoms with van der Waals surface area (Å²) in [5, 5.41) is 1.88. The standard InChI is InChI=1S/C7H5Cl2FN2O/c8-4-1-3(12-7(11)13)2-5(9)6(4)10/h1-2H,(H3,11,12,13). The van der Waals surface area contributed by atoms with E-state index in [4.69, 9.17) is 28.9 Å². The molecule has 0 unspecified atom stereocenters. The first kappa shape index (κ1) is 10.1. The molecule has 0 bridgehead atoms. The normalized spacial score (nSPS) is 9.77. The molecule has 3 nitrogen and oxygen atoms in total. The second-order valence-corrected chi connectivity index (χ2v) is 3.06. The molecular weight excluding hydrogens is 218 g/mol. The van der Waals surface area contributed by atoms with Crippen LogP contribution in [0.3, 0.4) is 0 Å². The molecule has 0 aliphatic heterocycles. The Labute approximate surface area is 83.6 Å². The highest BCUT2D eigenvalue weighted by atomic mass is 35.5. The maximum atomic E-state index is 12.8. The Morgan fingerprint density at radius 2 is 1.85 bits per heavy atom. The summed E-state index contributed by atoms with van der Waals surface area (Å²) in [4.78, 5) is 10.4. The number of anilines is 1. The van der Waals surface area contributed by atoms with E-state index >= 15 is 0 Å². The van der Waals surface area contributed by atoms with E-state index in [1.807, 2.05) is 0 Å². The van der Waals surface area contributed by atoms with Crippen LogP contribution < -0.4 is 11.1 Å². The number of nitrogens with one attached hydrogen (secondary N) is 1. The van der Waals surface area contributed by atoms with Gasteiger partial charge in [-0.05, 0) is 12.1 Å². The number of hydrogen-bond acceptors (Lipinski definition) is 1. The van der Waals surface area contributed by atoms with Crippen LogP contribution in [0.1, 0.15) is 0 Å². The molecule has 0 atom stereocenters. The molecular formula is C7H5Cl2FN2O. The van der Waals surface area contributed by atoms with Gasteiger partial charge in [-0.1, -0.05) is 23.2 Å². The summed E-state index contributed by atoms with van der Waals surface area (Å²) >= 11 is 10.9. The summed E-state index contributed by atoms with van der Waals surface area (Å²) in [5.74, 6) is -0.724. The van der Waals surface area contributed by atoms with Crippen molar-refractivity contribution in [1.82, 2.24) is 0 Å².